The Kier molecular flexibility index (Phi) is 4.90. The molecule has 100 valence electrons. The first-order valence-corrected chi connectivity index (χ1v) is 6.79. The fraction of sp³-hybridized carbons (Fsp3) is 0.538. The number of thiophene rings is 1. The summed E-state index contributed by atoms with van der Waals surface area (Å²) in [7, 11) is 1.33. The summed E-state index contributed by atoms with van der Waals surface area (Å²) in [5, 5.41) is 0.414. The minimum atomic E-state index is -0.419. The van der Waals surface area contributed by atoms with Crippen molar-refractivity contribution in [1.82, 2.24) is 0 Å². The number of nitrogen functional groups attached to an aromatic ring is 1. The van der Waals surface area contributed by atoms with Crippen LogP contribution in [0.5, 0.6) is 0 Å². The minimum absolute atomic E-state index is 0.0117. The van der Waals surface area contributed by atoms with E-state index in [1.807, 2.05) is 20.8 Å². The van der Waals surface area contributed by atoms with E-state index in [1.54, 1.807) is 0 Å². The van der Waals surface area contributed by atoms with Gasteiger partial charge in [-0.3, -0.25) is 4.79 Å². The molecule has 0 aliphatic rings. The van der Waals surface area contributed by atoms with Gasteiger partial charge in [0.25, 0.3) is 0 Å². The Morgan fingerprint density at radius 1 is 1.39 bits per heavy atom. The van der Waals surface area contributed by atoms with Crippen molar-refractivity contribution in [2.75, 3.05) is 12.8 Å². The van der Waals surface area contributed by atoms with Crippen LogP contribution in [-0.4, -0.2) is 18.9 Å². The SMILES string of the molecule is CCCc1c(C(=O)OC)sc(N)c1C(=O)C(C)C. The molecule has 0 atom stereocenters. The first-order valence-electron chi connectivity index (χ1n) is 5.97. The van der Waals surface area contributed by atoms with E-state index in [2.05, 4.69) is 0 Å². The zero-order valence-corrected chi connectivity index (χ0v) is 12.0. The van der Waals surface area contributed by atoms with Gasteiger partial charge in [0, 0.05) is 5.92 Å². The molecule has 5 heteroatoms. The summed E-state index contributed by atoms with van der Waals surface area (Å²) >= 11 is 1.14. The number of esters is 1. The summed E-state index contributed by atoms with van der Waals surface area (Å²) in [5.74, 6) is -0.566. The molecule has 1 aromatic heterocycles. The van der Waals surface area contributed by atoms with Gasteiger partial charge in [0.15, 0.2) is 5.78 Å². The van der Waals surface area contributed by atoms with Gasteiger partial charge in [-0.05, 0) is 12.0 Å². The summed E-state index contributed by atoms with van der Waals surface area (Å²) in [6, 6.07) is 0. The van der Waals surface area contributed by atoms with Crippen LogP contribution < -0.4 is 5.73 Å². The predicted octanol–water partition coefficient (Wildman–Crippen LogP) is 2.91. The number of ketones is 1. The lowest BCUT2D eigenvalue weighted by Crippen LogP contribution is -2.12. The van der Waals surface area contributed by atoms with E-state index in [0.29, 0.717) is 21.9 Å². The Balaban J connectivity index is 3.36. The van der Waals surface area contributed by atoms with Crippen LogP contribution in [0.1, 0.15) is 52.8 Å². The van der Waals surface area contributed by atoms with Crippen LogP contribution in [0.2, 0.25) is 0 Å². The van der Waals surface area contributed by atoms with Gasteiger partial charge in [-0.1, -0.05) is 27.2 Å². The highest BCUT2D eigenvalue weighted by Gasteiger charge is 2.26. The summed E-state index contributed by atoms with van der Waals surface area (Å²) in [5.41, 5.74) is 7.15. The second-order valence-corrected chi connectivity index (χ2v) is 5.46. The van der Waals surface area contributed by atoms with Crippen LogP contribution in [0, 0.1) is 5.92 Å². The number of hydrogen-bond acceptors (Lipinski definition) is 5. The Labute approximate surface area is 111 Å². The van der Waals surface area contributed by atoms with Gasteiger partial charge in [0.2, 0.25) is 0 Å². The first kappa shape index (κ1) is 14.7. The van der Waals surface area contributed by atoms with Gasteiger partial charge >= 0.3 is 5.97 Å². The van der Waals surface area contributed by atoms with Crippen LogP contribution in [0.25, 0.3) is 0 Å². The van der Waals surface area contributed by atoms with E-state index in [9.17, 15) is 9.59 Å². The summed E-state index contributed by atoms with van der Waals surface area (Å²) in [4.78, 5) is 24.3. The van der Waals surface area contributed by atoms with Crippen molar-refractivity contribution in [3.63, 3.8) is 0 Å². The average Bonchev–Trinajstić information content (AvgIpc) is 2.65. The smallest absolute Gasteiger partial charge is 0.348 e. The standard InChI is InChI=1S/C13H19NO3S/c1-5-6-8-9(10(15)7(2)3)12(14)18-11(8)13(16)17-4/h7H,5-6,14H2,1-4H3. The molecule has 1 heterocycles. The van der Waals surface area contributed by atoms with Crippen LogP contribution in [0.4, 0.5) is 5.00 Å². The van der Waals surface area contributed by atoms with E-state index < -0.39 is 5.97 Å². The number of anilines is 1. The summed E-state index contributed by atoms with van der Waals surface area (Å²) < 4.78 is 4.74. The molecule has 1 aromatic rings. The summed E-state index contributed by atoms with van der Waals surface area (Å²) in [6.45, 7) is 5.65. The third-order valence-corrected chi connectivity index (χ3v) is 3.72. The van der Waals surface area contributed by atoms with Gasteiger partial charge in [0.05, 0.1) is 17.7 Å². The second-order valence-electron chi connectivity index (χ2n) is 4.41. The molecular weight excluding hydrogens is 250 g/mol. The number of nitrogens with two attached hydrogens (primary N) is 1. The van der Waals surface area contributed by atoms with Crippen molar-refractivity contribution < 1.29 is 14.3 Å². The van der Waals surface area contributed by atoms with E-state index in [0.717, 1.165) is 23.3 Å². The molecule has 0 spiro atoms. The predicted molar refractivity (Wildman–Crippen MR) is 73.2 cm³/mol. The molecule has 4 nitrogen and oxygen atoms in total. The number of Topliss-reactive ketones (excluding diaryl/α,β-unsaturated/α-hetero) is 1. The van der Waals surface area contributed by atoms with Gasteiger partial charge in [-0.2, -0.15) is 0 Å². The molecular formula is C13H19NO3S. The first-order chi connectivity index (χ1) is 8.43. The highest BCUT2D eigenvalue weighted by Crippen LogP contribution is 2.34. The maximum Gasteiger partial charge on any atom is 0.348 e. The van der Waals surface area contributed by atoms with Crippen molar-refractivity contribution in [3.05, 3.63) is 16.0 Å². The van der Waals surface area contributed by atoms with E-state index in [-0.39, 0.29) is 11.7 Å². The Morgan fingerprint density at radius 3 is 2.44 bits per heavy atom. The molecule has 0 unspecified atom stereocenters. The fourth-order valence-electron chi connectivity index (χ4n) is 1.79. The maximum atomic E-state index is 12.2. The number of ether oxygens (including phenoxy) is 1. The average molecular weight is 269 g/mol. The van der Waals surface area contributed by atoms with Crippen molar-refractivity contribution in [2.24, 2.45) is 5.92 Å². The van der Waals surface area contributed by atoms with Crippen LogP contribution in [0.15, 0.2) is 0 Å². The summed E-state index contributed by atoms with van der Waals surface area (Å²) in [6.07, 6.45) is 1.50. The fourth-order valence-corrected chi connectivity index (χ4v) is 2.83. The number of methoxy groups -OCH3 is 1. The van der Waals surface area contributed by atoms with Crippen molar-refractivity contribution >= 4 is 28.1 Å². The van der Waals surface area contributed by atoms with Crippen molar-refractivity contribution in [2.45, 2.75) is 33.6 Å². The second kappa shape index (κ2) is 6.00. The molecule has 0 bridgehead atoms. The third kappa shape index (κ3) is 2.72. The molecule has 1 rings (SSSR count). The van der Waals surface area contributed by atoms with E-state index in [1.165, 1.54) is 7.11 Å². The van der Waals surface area contributed by atoms with Gasteiger partial charge in [0.1, 0.15) is 4.88 Å². The molecule has 0 aliphatic carbocycles. The number of carbonyl (C=O) groups excluding carboxylic acids is 2. The zero-order chi connectivity index (χ0) is 13.9. The normalized spacial score (nSPS) is 10.7. The largest absolute Gasteiger partial charge is 0.465 e. The van der Waals surface area contributed by atoms with Crippen LogP contribution in [0.3, 0.4) is 0 Å². The molecule has 0 saturated heterocycles. The highest BCUT2D eigenvalue weighted by molar-refractivity contribution is 7.18. The molecule has 0 saturated carbocycles. The molecule has 0 aliphatic heterocycles. The van der Waals surface area contributed by atoms with Gasteiger partial charge in [-0.25, -0.2) is 4.79 Å². The lowest BCUT2D eigenvalue weighted by atomic mass is 9.96. The lowest BCUT2D eigenvalue weighted by Gasteiger charge is -2.07. The molecule has 2 N–H and O–H groups in total. The van der Waals surface area contributed by atoms with Gasteiger partial charge in [-0.15, -0.1) is 11.3 Å². The lowest BCUT2D eigenvalue weighted by molar-refractivity contribution is 0.0605. The molecule has 0 fully saturated rings. The molecule has 0 aromatic carbocycles. The zero-order valence-electron chi connectivity index (χ0n) is 11.2. The van der Waals surface area contributed by atoms with Crippen LogP contribution in [-0.2, 0) is 11.2 Å². The van der Waals surface area contributed by atoms with Crippen molar-refractivity contribution in [3.8, 4) is 0 Å². The monoisotopic (exact) mass is 269 g/mol. The van der Waals surface area contributed by atoms with E-state index in [4.69, 9.17) is 10.5 Å². The maximum absolute atomic E-state index is 12.2. The van der Waals surface area contributed by atoms with Crippen LogP contribution >= 0.6 is 11.3 Å². The topological polar surface area (TPSA) is 69.4 Å². The Hall–Kier alpha value is -1.36. The number of hydrogen-bond donors (Lipinski definition) is 1. The third-order valence-electron chi connectivity index (χ3n) is 2.68. The molecule has 0 amide bonds. The quantitative estimate of drug-likeness (QED) is 0.659. The number of carbonyl (C=O) groups is 2. The molecule has 0 radical (unpaired) electrons. The number of rotatable bonds is 5. The minimum Gasteiger partial charge on any atom is -0.465 e. The Morgan fingerprint density at radius 2 is 2.00 bits per heavy atom. The van der Waals surface area contributed by atoms with Gasteiger partial charge < -0.3 is 10.5 Å². The Bertz CT molecular complexity index is 463. The molecule has 18 heavy (non-hydrogen) atoms. The van der Waals surface area contributed by atoms with Crippen molar-refractivity contribution in [1.29, 1.82) is 0 Å². The highest BCUT2D eigenvalue weighted by atomic mass is 32.1. The van der Waals surface area contributed by atoms with E-state index >= 15 is 0 Å².